The Balaban J connectivity index is 1.84. The van der Waals surface area contributed by atoms with E-state index in [9.17, 15) is 4.79 Å². The van der Waals surface area contributed by atoms with E-state index in [2.05, 4.69) is 24.1 Å². The van der Waals surface area contributed by atoms with Crippen molar-refractivity contribution in [3.8, 4) is 0 Å². The molecule has 4 nitrogen and oxygen atoms in total. The molecule has 0 radical (unpaired) electrons. The molecule has 2 aliphatic rings. The van der Waals surface area contributed by atoms with Gasteiger partial charge in [0.05, 0.1) is 0 Å². The molecule has 16 heavy (non-hydrogen) atoms. The number of nitrogens with zero attached hydrogens (tertiary/aromatic N) is 2. The van der Waals surface area contributed by atoms with Crippen molar-refractivity contribution in [3.05, 3.63) is 22.7 Å². The normalized spacial score (nSPS) is 26.5. The van der Waals surface area contributed by atoms with E-state index in [1.165, 1.54) is 0 Å². The van der Waals surface area contributed by atoms with Gasteiger partial charge in [0.15, 0.2) is 5.82 Å². The zero-order chi connectivity index (χ0) is 11.3. The third-order valence-electron chi connectivity index (χ3n) is 3.63. The van der Waals surface area contributed by atoms with Gasteiger partial charge in [-0.3, -0.25) is 4.79 Å². The predicted octanol–water partition coefficient (Wildman–Crippen LogP) is 1.79. The number of hydrogen-bond donors (Lipinski definition) is 1. The highest BCUT2D eigenvalue weighted by Crippen LogP contribution is 2.46. The predicted molar refractivity (Wildman–Crippen MR) is 62.6 cm³/mol. The fourth-order valence-electron chi connectivity index (χ4n) is 2.04. The average molecular weight is 219 g/mol. The molecule has 1 unspecified atom stereocenters. The Hall–Kier alpha value is -1.32. The zero-order valence-electron chi connectivity index (χ0n) is 9.73. The molecule has 1 N–H and O–H groups in total. The van der Waals surface area contributed by atoms with E-state index < -0.39 is 0 Å². The highest BCUT2D eigenvalue weighted by molar-refractivity contribution is 5.36. The highest BCUT2D eigenvalue weighted by Gasteiger charge is 2.46. The van der Waals surface area contributed by atoms with Gasteiger partial charge in [-0.2, -0.15) is 0 Å². The van der Waals surface area contributed by atoms with Crippen LogP contribution in [0.5, 0.6) is 0 Å². The highest BCUT2D eigenvalue weighted by atomic mass is 16.1. The minimum absolute atomic E-state index is 0.0349. The number of aromatic nitrogens is 2. The van der Waals surface area contributed by atoms with Gasteiger partial charge in [-0.25, -0.2) is 4.98 Å². The molecule has 0 bridgehead atoms. The smallest absolute Gasteiger partial charge is 0.293 e. The molecule has 0 amide bonds. The minimum atomic E-state index is 0.0349. The first-order valence-electron chi connectivity index (χ1n) is 5.91. The Morgan fingerprint density at radius 1 is 1.50 bits per heavy atom. The lowest BCUT2D eigenvalue weighted by molar-refractivity contribution is 0.627. The van der Waals surface area contributed by atoms with Crippen molar-refractivity contribution >= 4 is 5.82 Å². The number of hydrogen-bond acceptors (Lipinski definition) is 3. The van der Waals surface area contributed by atoms with Crippen LogP contribution in [0.3, 0.4) is 0 Å². The number of nitrogens with one attached hydrogen (secondary N) is 1. The fraction of sp³-hybridized carbons (Fsp3) is 0.667. The second kappa shape index (κ2) is 3.09. The van der Waals surface area contributed by atoms with Crippen molar-refractivity contribution in [3.63, 3.8) is 0 Å². The molecular weight excluding hydrogens is 202 g/mol. The first kappa shape index (κ1) is 9.87. The Bertz CT molecular complexity index is 473. The molecule has 1 atom stereocenters. The lowest BCUT2D eigenvalue weighted by atomic mass is 10.2. The van der Waals surface area contributed by atoms with E-state index >= 15 is 0 Å². The summed E-state index contributed by atoms with van der Waals surface area (Å²) in [6.45, 7) is 4.40. The van der Waals surface area contributed by atoms with Crippen LogP contribution in [0.1, 0.15) is 39.2 Å². The Kier molecular flexibility index (Phi) is 1.91. The molecule has 86 valence electrons. The maximum Gasteiger partial charge on any atom is 0.293 e. The molecule has 2 saturated carbocycles. The molecule has 2 aliphatic carbocycles. The van der Waals surface area contributed by atoms with Gasteiger partial charge in [0, 0.05) is 24.5 Å². The monoisotopic (exact) mass is 219 g/mol. The van der Waals surface area contributed by atoms with E-state index in [0.717, 1.165) is 19.3 Å². The SMILES string of the molecule is CC1(C)CC1Nc1nccn(C2CC2)c1=O. The van der Waals surface area contributed by atoms with Gasteiger partial charge in [-0.1, -0.05) is 13.8 Å². The van der Waals surface area contributed by atoms with E-state index in [1.807, 2.05) is 4.57 Å². The molecule has 3 rings (SSSR count). The van der Waals surface area contributed by atoms with Crippen LogP contribution in [0.4, 0.5) is 5.82 Å². The lowest BCUT2D eigenvalue weighted by Crippen LogP contribution is -2.25. The Labute approximate surface area is 94.7 Å². The summed E-state index contributed by atoms with van der Waals surface area (Å²) in [5.41, 5.74) is 0.349. The van der Waals surface area contributed by atoms with Crippen LogP contribution in [0.15, 0.2) is 17.2 Å². The maximum absolute atomic E-state index is 12.1. The molecule has 2 fully saturated rings. The number of rotatable bonds is 3. The summed E-state index contributed by atoms with van der Waals surface area (Å²) in [4.78, 5) is 16.2. The van der Waals surface area contributed by atoms with Crippen LogP contribution in [-0.2, 0) is 0 Å². The lowest BCUT2D eigenvalue weighted by Gasteiger charge is -2.09. The summed E-state index contributed by atoms with van der Waals surface area (Å²) < 4.78 is 1.81. The Morgan fingerprint density at radius 2 is 2.19 bits per heavy atom. The molecule has 1 aromatic rings. The van der Waals surface area contributed by atoms with Crippen molar-refractivity contribution < 1.29 is 0 Å². The van der Waals surface area contributed by atoms with Gasteiger partial charge >= 0.3 is 0 Å². The zero-order valence-corrected chi connectivity index (χ0v) is 9.73. The largest absolute Gasteiger partial charge is 0.362 e. The minimum Gasteiger partial charge on any atom is -0.362 e. The molecular formula is C12H17N3O. The van der Waals surface area contributed by atoms with E-state index in [1.54, 1.807) is 12.4 Å². The average Bonchev–Trinajstić information content (AvgIpc) is 3.09. The van der Waals surface area contributed by atoms with Crippen LogP contribution in [0.25, 0.3) is 0 Å². The summed E-state index contributed by atoms with van der Waals surface area (Å²) in [7, 11) is 0. The van der Waals surface area contributed by atoms with Crippen molar-refractivity contribution in [2.24, 2.45) is 5.41 Å². The van der Waals surface area contributed by atoms with E-state index in [4.69, 9.17) is 0 Å². The quantitative estimate of drug-likeness (QED) is 0.843. The summed E-state index contributed by atoms with van der Waals surface area (Å²) in [5.74, 6) is 0.518. The fourth-order valence-corrected chi connectivity index (χ4v) is 2.04. The molecule has 1 heterocycles. The van der Waals surface area contributed by atoms with E-state index in [-0.39, 0.29) is 5.56 Å². The topological polar surface area (TPSA) is 46.9 Å². The van der Waals surface area contributed by atoms with Gasteiger partial charge in [0.1, 0.15) is 0 Å². The van der Waals surface area contributed by atoms with Crippen LogP contribution < -0.4 is 10.9 Å². The van der Waals surface area contributed by atoms with Gasteiger partial charge in [0.2, 0.25) is 0 Å². The van der Waals surface area contributed by atoms with Crippen LogP contribution in [-0.4, -0.2) is 15.6 Å². The van der Waals surface area contributed by atoms with Gasteiger partial charge in [-0.15, -0.1) is 0 Å². The second-order valence-corrected chi connectivity index (χ2v) is 5.61. The van der Waals surface area contributed by atoms with Crippen molar-refractivity contribution in [1.29, 1.82) is 0 Å². The van der Waals surface area contributed by atoms with Crippen molar-refractivity contribution in [2.45, 2.75) is 45.2 Å². The van der Waals surface area contributed by atoms with E-state index in [0.29, 0.717) is 23.3 Å². The van der Waals surface area contributed by atoms with Crippen LogP contribution in [0, 0.1) is 5.41 Å². The second-order valence-electron chi connectivity index (χ2n) is 5.61. The van der Waals surface area contributed by atoms with Crippen LogP contribution in [0.2, 0.25) is 0 Å². The third-order valence-corrected chi connectivity index (χ3v) is 3.63. The summed E-state index contributed by atoms with van der Waals surface area (Å²) in [6.07, 6.45) is 6.88. The first-order valence-corrected chi connectivity index (χ1v) is 5.91. The molecule has 0 aromatic carbocycles. The van der Waals surface area contributed by atoms with Gasteiger partial charge in [-0.05, 0) is 24.7 Å². The summed E-state index contributed by atoms with van der Waals surface area (Å²) in [5, 5.41) is 3.25. The summed E-state index contributed by atoms with van der Waals surface area (Å²) in [6, 6.07) is 0.825. The third kappa shape index (κ3) is 1.62. The summed E-state index contributed by atoms with van der Waals surface area (Å²) >= 11 is 0. The molecule has 0 saturated heterocycles. The standard InChI is InChI=1S/C12H17N3O/c1-12(2)7-9(12)14-10-11(16)15(6-5-13-10)8-3-4-8/h5-6,8-9H,3-4,7H2,1-2H3,(H,13,14). The molecule has 0 spiro atoms. The maximum atomic E-state index is 12.1. The van der Waals surface area contributed by atoms with Crippen molar-refractivity contribution in [2.75, 3.05) is 5.32 Å². The first-order chi connectivity index (χ1) is 7.58. The van der Waals surface area contributed by atoms with Gasteiger partial charge in [0.25, 0.3) is 5.56 Å². The number of anilines is 1. The molecule has 0 aliphatic heterocycles. The Morgan fingerprint density at radius 3 is 2.75 bits per heavy atom. The molecule has 4 heteroatoms. The molecule has 1 aromatic heterocycles. The van der Waals surface area contributed by atoms with Gasteiger partial charge < -0.3 is 9.88 Å². The van der Waals surface area contributed by atoms with Crippen molar-refractivity contribution in [1.82, 2.24) is 9.55 Å². The van der Waals surface area contributed by atoms with Crippen LogP contribution >= 0.6 is 0 Å².